The topological polar surface area (TPSA) is 74.7 Å². The predicted octanol–water partition coefficient (Wildman–Crippen LogP) is 2.18. The lowest BCUT2D eigenvalue weighted by atomic mass is 10.1. The smallest absolute Gasteiger partial charge is 0.304 e. The molecule has 1 aromatic carbocycles. The van der Waals surface area contributed by atoms with Crippen molar-refractivity contribution in [1.82, 2.24) is 4.31 Å². The van der Waals surface area contributed by atoms with Crippen LogP contribution in [0, 0.1) is 13.8 Å². The summed E-state index contributed by atoms with van der Waals surface area (Å²) in [6, 6.07) is 4.97. The fourth-order valence-electron chi connectivity index (χ4n) is 1.85. The van der Waals surface area contributed by atoms with Gasteiger partial charge in [0.05, 0.1) is 11.3 Å². The molecule has 0 unspecified atom stereocenters. The molecule has 0 heterocycles. The average molecular weight is 299 g/mol. The quantitative estimate of drug-likeness (QED) is 0.837. The normalized spacial score (nSPS) is 11.8. The minimum Gasteiger partial charge on any atom is -0.481 e. The molecular weight excluding hydrogens is 278 g/mol. The summed E-state index contributed by atoms with van der Waals surface area (Å²) in [5.74, 6) is -0.999. The third-order valence-electron chi connectivity index (χ3n) is 3.16. The standard InChI is InChI=1S/C14H21NO4S/c1-4-8-15(9-7-14(16)17)20(18,19)13-6-5-11(2)12(3)10-13/h5-6,10H,4,7-9H2,1-3H3,(H,16,17). The highest BCUT2D eigenvalue weighted by molar-refractivity contribution is 7.89. The van der Waals surface area contributed by atoms with Crippen LogP contribution >= 0.6 is 0 Å². The summed E-state index contributed by atoms with van der Waals surface area (Å²) in [6.45, 7) is 5.96. The molecule has 0 atom stereocenters. The van der Waals surface area contributed by atoms with Crippen molar-refractivity contribution in [2.45, 2.75) is 38.5 Å². The van der Waals surface area contributed by atoms with E-state index >= 15 is 0 Å². The third kappa shape index (κ3) is 4.05. The Kier molecular flexibility index (Phi) is 5.71. The molecule has 1 N–H and O–H groups in total. The number of carboxylic acids is 1. The Hall–Kier alpha value is -1.40. The zero-order chi connectivity index (χ0) is 15.3. The van der Waals surface area contributed by atoms with Gasteiger partial charge in [-0.3, -0.25) is 4.79 Å². The molecule has 0 saturated heterocycles. The van der Waals surface area contributed by atoms with E-state index in [1.165, 1.54) is 4.31 Å². The van der Waals surface area contributed by atoms with Gasteiger partial charge in [-0.05, 0) is 43.5 Å². The molecule has 0 aliphatic carbocycles. The van der Waals surface area contributed by atoms with E-state index < -0.39 is 16.0 Å². The van der Waals surface area contributed by atoms with Crippen molar-refractivity contribution in [1.29, 1.82) is 0 Å². The first-order valence-electron chi connectivity index (χ1n) is 6.58. The first kappa shape index (κ1) is 16.7. The second kappa shape index (κ2) is 6.85. The van der Waals surface area contributed by atoms with Crippen molar-refractivity contribution in [3.8, 4) is 0 Å². The fraction of sp³-hybridized carbons (Fsp3) is 0.500. The van der Waals surface area contributed by atoms with Gasteiger partial charge in [-0.2, -0.15) is 4.31 Å². The molecule has 0 spiro atoms. The molecule has 112 valence electrons. The van der Waals surface area contributed by atoms with Gasteiger partial charge in [0.2, 0.25) is 10.0 Å². The molecule has 0 radical (unpaired) electrons. The predicted molar refractivity (Wildman–Crippen MR) is 77.2 cm³/mol. The molecule has 0 fully saturated rings. The van der Waals surface area contributed by atoms with Gasteiger partial charge < -0.3 is 5.11 Å². The Balaban J connectivity index is 3.08. The highest BCUT2D eigenvalue weighted by atomic mass is 32.2. The lowest BCUT2D eigenvalue weighted by Crippen LogP contribution is -2.33. The molecule has 0 aliphatic heterocycles. The van der Waals surface area contributed by atoms with Crippen molar-refractivity contribution in [3.05, 3.63) is 29.3 Å². The van der Waals surface area contributed by atoms with E-state index in [0.29, 0.717) is 13.0 Å². The van der Waals surface area contributed by atoms with Crippen LogP contribution in [0.3, 0.4) is 0 Å². The van der Waals surface area contributed by atoms with Crippen LogP contribution in [0.15, 0.2) is 23.1 Å². The van der Waals surface area contributed by atoms with Crippen molar-refractivity contribution in [2.75, 3.05) is 13.1 Å². The number of hydrogen-bond donors (Lipinski definition) is 1. The van der Waals surface area contributed by atoms with Crippen LogP contribution in [-0.4, -0.2) is 36.9 Å². The Morgan fingerprint density at radius 3 is 2.35 bits per heavy atom. The van der Waals surface area contributed by atoms with E-state index in [-0.39, 0.29) is 17.9 Å². The zero-order valence-corrected chi connectivity index (χ0v) is 12.9. The molecule has 0 amide bonds. The summed E-state index contributed by atoms with van der Waals surface area (Å²) in [7, 11) is -3.63. The Labute approximate surface area is 120 Å². The second-order valence-electron chi connectivity index (χ2n) is 4.79. The van der Waals surface area contributed by atoms with Gasteiger partial charge in [-0.15, -0.1) is 0 Å². The van der Waals surface area contributed by atoms with Crippen molar-refractivity contribution < 1.29 is 18.3 Å². The van der Waals surface area contributed by atoms with E-state index in [0.717, 1.165) is 11.1 Å². The van der Waals surface area contributed by atoms with E-state index in [9.17, 15) is 13.2 Å². The van der Waals surface area contributed by atoms with Crippen LogP contribution in [0.4, 0.5) is 0 Å². The van der Waals surface area contributed by atoms with Gasteiger partial charge in [0, 0.05) is 13.1 Å². The summed E-state index contributed by atoms with van der Waals surface area (Å²) < 4.78 is 26.3. The zero-order valence-electron chi connectivity index (χ0n) is 12.1. The summed E-state index contributed by atoms with van der Waals surface area (Å²) in [5, 5.41) is 8.73. The van der Waals surface area contributed by atoms with Crippen LogP contribution in [0.2, 0.25) is 0 Å². The Morgan fingerprint density at radius 2 is 1.85 bits per heavy atom. The van der Waals surface area contributed by atoms with Crippen LogP contribution in [0.5, 0.6) is 0 Å². The number of rotatable bonds is 7. The Morgan fingerprint density at radius 1 is 1.20 bits per heavy atom. The largest absolute Gasteiger partial charge is 0.481 e. The van der Waals surface area contributed by atoms with E-state index in [2.05, 4.69) is 0 Å². The highest BCUT2D eigenvalue weighted by Gasteiger charge is 2.24. The monoisotopic (exact) mass is 299 g/mol. The molecule has 0 aliphatic rings. The van der Waals surface area contributed by atoms with E-state index in [1.54, 1.807) is 18.2 Å². The van der Waals surface area contributed by atoms with Gasteiger partial charge >= 0.3 is 5.97 Å². The molecule has 0 saturated carbocycles. The number of aliphatic carboxylic acids is 1. The molecule has 1 rings (SSSR count). The van der Waals surface area contributed by atoms with Crippen LogP contribution in [0.25, 0.3) is 0 Å². The van der Waals surface area contributed by atoms with Gasteiger partial charge in [0.1, 0.15) is 0 Å². The van der Waals surface area contributed by atoms with E-state index in [4.69, 9.17) is 5.11 Å². The molecule has 1 aromatic rings. The highest BCUT2D eigenvalue weighted by Crippen LogP contribution is 2.19. The molecular formula is C14H21NO4S. The third-order valence-corrected chi connectivity index (χ3v) is 5.06. The Bertz CT molecular complexity index is 581. The van der Waals surface area contributed by atoms with Gasteiger partial charge in [0.25, 0.3) is 0 Å². The average Bonchev–Trinajstić information content (AvgIpc) is 2.37. The van der Waals surface area contributed by atoms with Crippen LogP contribution in [-0.2, 0) is 14.8 Å². The minimum absolute atomic E-state index is 0.00156. The maximum absolute atomic E-state index is 12.5. The number of aryl methyl sites for hydroxylation is 2. The summed E-state index contributed by atoms with van der Waals surface area (Å²) >= 11 is 0. The number of hydrogen-bond acceptors (Lipinski definition) is 3. The number of nitrogens with zero attached hydrogens (tertiary/aromatic N) is 1. The second-order valence-corrected chi connectivity index (χ2v) is 6.73. The van der Waals surface area contributed by atoms with Gasteiger partial charge in [0.15, 0.2) is 0 Å². The molecule has 6 heteroatoms. The van der Waals surface area contributed by atoms with Crippen molar-refractivity contribution in [3.63, 3.8) is 0 Å². The van der Waals surface area contributed by atoms with Crippen molar-refractivity contribution in [2.24, 2.45) is 0 Å². The van der Waals surface area contributed by atoms with Crippen LogP contribution < -0.4 is 0 Å². The molecule has 20 heavy (non-hydrogen) atoms. The van der Waals surface area contributed by atoms with Crippen molar-refractivity contribution >= 4 is 16.0 Å². The number of benzene rings is 1. The SMILES string of the molecule is CCCN(CCC(=O)O)S(=O)(=O)c1ccc(C)c(C)c1. The summed E-state index contributed by atoms with van der Waals surface area (Å²) in [6.07, 6.45) is 0.452. The molecule has 0 aromatic heterocycles. The lowest BCUT2D eigenvalue weighted by Gasteiger charge is -2.21. The summed E-state index contributed by atoms with van der Waals surface area (Å²) in [4.78, 5) is 10.9. The van der Waals surface area contributed by atoms with Gasteiger partial charge in [-0.25, -0.2) is 8.42 Å². The van der Waals surface area contributed by atoms with Crippen LogP contribution in [0.1, 0.15) is 30.9 Å². The first-order chi connectivity index (χ1) is 9.28. The number of carboxylic acid groups (broad SMARTS) is 1. The van der Waals surface area contributed by atoms with E-state index in [1.807, 2.05) is 20.8 Å². The molecule has 0 bridgehead atoms. The fourth-order valence-corrected chi connectivity index (χ4v) is 3.46. The maximum atomic E-state index is 12.5. The number of carbonyl (C=O) groups is 1. The lowest BCUT2D eigenvalue weighted by molar-refractivity contribution is -0.137. The maximum Gasteiger partial charge on any atom is 0.304 e. The number of sulfonamides is 1. The summed E-state index contributed by atoms with van der Waals surface area (Å²) in [5.41, 5.74) is 1.93. The van der Waals surface area contributed by atoms with Gasteiger partial charge in [-0.1, -0.05) is 13.0 Å². The first-order valence-corrected chi connectivity index (χ1v) is 8.02. The minimum atomic E-state index is -3.63. The molecule has 5 nitrogen and oxygen atoms in total.